The van der Waals surface area contributed by atoms with Crippen molar-refractivity contribution in [1.29, 1.82) is 0 Å². The number of nitrogens with one attached hydrogen (secondary N) is 1. The normalized spacial score (nSPS) is 10.8. The number of alkyl carbamates (subject to hydrolysis) is 1. The number of carbonyl (C=O) groups is 1. The smallest absolute Gasteiger partial charge is 0.407 e. The quantitative estimate of drug-likeness (QED) is 0.634. The van der Waals surface area contributed by atoms with E-state index in [1.807, 2.05) is 32.9 Å². The van der Waals surface area contributed by atoms with Crippen molar-refractivity contribution >= 4 is 17.5 Å². The molecule has 0 aliphatic heterocycles. The van der Waals surface area contributed by atoms with Crippen LogP contribution in [0.25, 0.3) is 0 Å². The second-order valence-corrected chi connectivity index (χ2v) is 4.90. The van der Waals surface area contributed by atoms with Gasteiger partial charge in [0, 0.05) is 12.2 Å². The molecule has 99 valence electrons. The van der Waals surface area contributed by atoms with Crippen molar-refractivity contribution in [2.24, 2.45) is 0 Å². The lowest BCUT2D eigenvalue weighted by Crippen LogP contribution is -2.34. The van der Waals surface area contributed by atoms with Gasteiger partial charge in [-0.25, -0.2) is 4.79 Å². The Morgan fingerprint density at radius 3 is 2.50 bits per heavy atom. The molecule has 1 rings (SSSR count). The minimum absolute atomic E-state index is 0.421. The molecule has 1 aromatic rings. The summed E-state index contributed by atoms with van der Waals surface area (Å²) in [7, 11) is 0. The van der Waals surface area contributed by atoms with Crippen molar-refractivity contribution in [2.75, 3.05) is 18.8 Å². The van der Waals surface area contributed by atoms with Crippen molar-refractivity contribution in [1.82, 2.24) is 10.6 Å². The van der Waals surface area contributed by atoms with Gasteiger partial charge in [0.1, 0.15) is 5.60 Å². The van der Waals surface area contributed by atoms with Crippen molar-refractivity contribution in [3.63, 3.8) is 0 Å². The second kappa shape index (κ2) is 6.14. The van der Waals surface area contributed by atoms with E-state index in [1.54, 1.807) is 12.1 Å². The van der Waals surface area contributed by atoms with Crippen LogP contribution in [0.4, 0.5) is 16.2 Å². The Morgan fingerprint density at radius 1 is 1.33 bits per heavy atom. The number of rotatable bonds is 4. The van der Waals surface area contributed by atoms with Crippen LogP contribution in [0.3, 0.4) is 0 Å². The van der Waals surface area contributed by atoms with Crippen molar-refractivity contribution in [2.45, 2.75) is 26.4 Å². The minimum Gasteiger partial charge on any atom is -0.444 e. The standard InChI is InChI=1S/C13H20N3O2/c1-13(2,3)18-12(17)16-9-8-15-11-6-4-10(14)5-7-11/h4-7H,8-9,14H2,1-3H3,(H,16,17). The first-order valence-corrected chi connectivity index (χ1v) is 5.87. The molecule has 5 heteroatoms. The highest BCUT2D eigenvalue weighted by Gasteiger charge is 2.15. The van der Waals surface area contributed by atoms with E-state index in [4.69, 9.17) is 10.5 Å². The van der Waals surface area contributed by atoms with E-state index in [2.05, 4.69) is 10.6 Å². The minimum atomic E-state index is -0.474. The van der Waals surface area contributed by atoms with Crippen LogP contribution in [-0.4, -0.2) is 24.8 Å². The maximum absolute atomic E-state index is 11.3. The number of nitrogens with zero attached hydrogens (tertiary/aromatic N) is 1. The molecule has 1 amide bonds. The van der Waals surface area contributed by atoms with Crippen molar-refractivity contribution < 1.29 is 9.53 Å². The van der Waals surface area contributed by atoms with Gasteiger partial charge in [0.25, 0.3) is 0 Å². The maximum atomic E-state index is 11.3. The summed E-state index contributed by atoms with van der Waals surface area (Å²) in [6.45, 7) is 6.42. The third-order valence-electron chi connectivity index (χ3n) is 1.97. The van der Waals surface area contributed by atoms with Crippen LogP contribution in [0.5, 0.6) is 0 Å². The predicted molar refractivity (Wildman–Crippen MR) is 71.8 cm³/mol. The molecule has 3 N–H and O–H groups in total. The van der Waals surface area contributed by atoms with Crippen LogP contribution in [-0.2, 0) is 4.74 Å². The molecule has 0 saturated carbocycles. The maximum Gasteiger partial charge on any atom is 0.407 e. The molecule has 18 heavy (non-hydrogen) atoms. The van der Waals surface area contributed by atoms with Gasteiger partial charge in [-0.1, -0.05) is 0 Å². The van der Waals surface area contributed by atoms with E-state index in [9.17, 15) is 4.79 Å². The number of nitrogen functional groups attached to an aromatic ring is 1. The van der Waals surface area contributed by atoms with Crippen molar-refractivity contribution in [3.05, 3.63) is 24.3 Å². The van der Waals surface area contributed by atoms with Crippen LogP contribution in [0.15, 0.2) is 24.3 Å². The van der Waals surface area contributed by atoms with Gasteiger partial charge < -0.3 is 15.8 Å². The fourth-order valence-electron chi connectivity index (χ4n) is 1.24. The fourth-order valence-corrected chi connectivity index (χ4v) is 1.24. The van der Waals surface area contributed by atoms with E-state index in [0.717, 1.165) is 5.69 Å². The first kappa shape index (κ1) is 14.2. The summed E-state index contributed by atoms with van der Waals surface area (Å²) in [5, 5.41) is 6.93. The number of carbonyl (C=O) groups excluding carboxylic acids is 1. The molecule has 0 unspecified atom stereocenters. The van der Waals surface area contributed by atoms with E-state index in [1.165, 1.54) is 0 Å². The van der Waals surface area contributed by atoms with Gasteiger partial charge in [-0.15, -0.1) is 0 Å². The molecule has 0 aliphatic rings. The molecule has 0 aliphatic carbocycles. The number of ether oxygens (including phenoxy) is 1. The Bertz CT molecular complexity index is 382. The highest BCUT2D eigenvalue weighted by Crippen LogP contribution is 2.10. The van der Waals surface area contributed by atoms with Crippen LogP contribution < -0.4 is 16.4 Å². The molecule has 0 saturated heterocycles. The number of hydrogen-bond donors (Lipinski definition) is 2. The number of amides is 1. The van der Waals surface area contributed by atoms with Gasteiger partial charge in [0.05, 0.1) is 12.2 Å². The summed E-state index contributed by atoms with van der Waals surface area (Å²) >= 11 is 0. The summed E-state index contributed by atoms with van der Waals surface area (Å²) in [4.78, 5) is 11.3. The van der Waals surface area contributed by atoms with E-state index in [-0.39, 0.29) is 0 Å². The number of anilines is 1. The lowest BCUT2D eigenvalue weighted by atomic mass is 10.2. The first-order valence-electron chi connectivity index (χ1n) is 5.87. The molecule has 5 nitrogen and oxygen atoms in total. The monoisotopic (exact) mass is 250 g/mol. The molecule has 1 radical (unpaired) electrons. The average molecular weight is 250 g/mol. The van der Waals surface area contributed by atoms with Gasteiger partial charge in [0.15, 0.2) is 0 Å². The average Bonchev–Trinajstić information content (AvgIpc) is 2.24. The fraction of sp³-hybridized carbons (Fsp3) is 0.462. The largest absolute Gasteiger partial charge is 0.444 e. The second-order valence-electron chi connectivity index (χ2n) is 4.90. The summed E-state index contributed by atoms with van der Waals surface area (Å²) in [6, 6.07) is 7.26. The molecule has 0 heterocycles. The van der Waals surface area contributed by atoms with Gasteiger partial charge in [-0.3, -0.25) is 5.32 Å². The Morgan fingerprint density at radius 2 is 1.94 bits per heavy atom. The van der Waals surface area contributed by atoms with Gasteiger partial charge in [0.2, 0.25) is 0 Å². The summed E-state index contributed by atoms with van der Waals surface area (Å²) < 4.78 is 5.10. The Hall–Kier alpha value is -1.91. The van der Waals surface area contributed by atoms with Gasteiger partial charge >= 0.3 is 6.09 Å². The van der Waals surface area contributed by atoms with E-state index < -0.39 is 11.7 Å². The van der Waals surface area contributed by atoms with Crippen LogP contribution in [0, 0.1) is 0 Å². The zero-order valence-corrected chi connectivity index (χ0v) is 11.1. The summed E-state index contributed by atoms with van der Waals surface area (Å²) in [5.74, 6) is 0. The zero-order chi connectivity index (χ0) is 13.6. The lowest BCUT2D eigenvalue weighted by molar-refractivity contribution is 0.0528. The molecule has 0 spiro atoms. The molecule has 0 bridgehead atoms. The highest BCUT2D eigenvalue weighted by molar-refractivity contribution is 5.67. The molecule has 0 atom stereocenters. The predicted octanol–water partition coefficient (Wildman–Crippen LogP) is 2.03. The van der Waals surface area contributed by atoms with Crippen LogP contribution >= 0.6 is 0 Å². The Labute approximate surface area is 108 Å². The zero-order valence-electron chi connectivity index (χ0n) is 11.1. The summed E-state index contributed by atoms with van der Waals surface area (Å²) in [5.41, 5.74) is 6.64. The Kier molecular flexibility index (Phi) is 4.83. The third kappa shape index (κ3) is 5.98. The number of hydrogen-bond acceptors (Lipinski definition) is 3. The molecular formula is C13H20N3O2. The highest BCUT2D eigenvalue weighted by atomic mass is 16.6. The van der Waals surface area contributed by atoms with Crippen molar-refractivity contribution in [3.8, 4) is 0 Å². The topological polar surface area (TPSA) is 78.5 Å². The lowest BCUT2D eigenvalue weighted by Gasteiger charge is -2.19. The van der Waals surface area contributed by atoms with Crippen LogP contribution in [0.2, 0.25) is 0 Å². The van der Waals surface area contributed by atoms with E-state index in [0.29, 0.717) is 18.8 Å². The first-order chi connectivity index (χ1) is 8.37. The molecule has 0 fully saturated rings. The molecular weight excluding hydrogens is 230 g/mol. The van der Waals surface area contributed by atoms with Gasteiger partial charge in [-0.05, 0) is 45.0 Å². The van der Waals surface area contributed by atoms with Crippen LogP contribution in [0.1, 0.15) is 20.8 Å². The molecule has 0 aromatic heterocycles. The van der Waals surface area contributed by atoms with E-state index >= 15 is 0 Å². The van der Waals surface area contributed by atoms with Gasteiger partial charge in [-0.2, -0.15) is 0 Å². The summed E-state index contributed by atoms with van der Waals surface area (Å²) in [6.07, 6.45) is -0.421. The SMILES string of the molecule is CC(C)(C)OC(=O)NCC[N]c1ccc(N)cc1. The number of nitrogens with two attached hydrogens (primary N) is 1. The third-order valence-corrected chi connectivity index (χ3v) is 1.97. The Balaban J connectivity index is 2.19. The molecule has 1 aromatic carbocycles. The number of benzene rings is 1.